The third-order valence-electron chi connectivity index (χ3n) is 4.11. The maximum atomic E-state index is 10.2. The van der Waals surface area contributed by atoms with Crippen LogP contribution in [-0.2, 0) is 4.74 Å². The highest BCUT2D eigenvalue weighted by Crippen LogP contribution is 2.41. The van der Waals surface area contributed by atoms with Gasteiger partial charge in [-0.2, -0.15) is 11.8 Å². The van der Waals surface area contributed by atoms with Crippen LogP contribution >= 0.6 is 23.4 Å². The molecule has 0 aromatic carbocycles. The highest BCUT2D eigenvalue weighted by Gasteiger charge is 2.40. The third kappa shape index (κ3) is 3.76. The maximum absolute atomic E-state index is 10.2. The van der Waals surface area contributed by atoms with E-state index in [2.05, 4.69) is 0 Å². The summed E-state index contributed by atoms with van der Waals surface area (Å²) >= 11 is 7.71. The molecule has 2 nitrogen and oxygen atoms in total. The van der Waals surface area contributed by atoms with Gasteiger partial charge in [0.2, 0.25) is 0 Å². The van der Waals surface area contributed by atoms with E-state index in [1.54, 1.807) is 0 Å². The fourth-order valence-corrected chi connectivity index (χ4v) is 4.40. The van der Waals surface area contributed by atoms with Crippen molar-refractivity contribution in [2.24, 2.45) is 5.92 Å². The highest BCUT2D eigenvalue weighted by atomic mass is 35.5. The van der Waals surface area contributed by atoms with Crippen molar-refractivity contribution >= 4 is 23.4 Å². The van der Waals surface area contributed by atoms with Crippen LogP contribution in [0.2, 0.25) is 0 Å². The second-order valence-corrected chi connectivity index (χ2v) is 6.90. The van der Waals surface area contributed by atoms with Gasteiger partial charge in [0.15, 0.2) is 0 Å². The van der Waals surface area contributed by atoms with Crippen LogP contribution in [0.25, 0.3) is 0 Å². The van der Waals surface area contributed by atoms with Crippen molar-refractivity contribution in [3.8, 4) is 0 Å². The number of hydrogen-bond donors (Lipinski definition) is 1. The molecule has 0 saturated carbocycles. The number of rotatable bonds is 4. The summed E-state index contributed by atoms with van der Waals surface area (Å²) in [4.78, 5) is 0. The Bertz CT molecular complexity index is 226. The Morgan fingerprint density at radius 2 is 2.18 bits per heavy atom. The van der Waals surface area contributed by atoms with Crippen LogP contribution in [-0.4, -0.2) is 40.8 Å². The van der Waals surface area contributed by atoms with Gasteiger partial charge >= 0.3 is 0 Å². The molecule has 2 unspecified atom stereocenters. The first kappa shape index (κ1) is 14.0. The summed E-state index contributed by atoms with van der Waals surface area (Å²) in [5.74, 6) is 3.51. The molecule has 1 N–H and O–H groups in total. The predicted molar refractivity (Wildman–Crippen MR) is 73.9 cm³/mol. The van der Waals surface area contributed by atoms with Gasteiger partial charge in [0.1, 0.15) is 0 Å². The Morgan fingerprint density at radius 3 is 2.88 bits per heavy atom. The first-order valence-electron chi connectivity index (χ1n) is 6.71. The minimum atomic E-state index is -0.177. The lowest BCUT2D eigenvalue weighted by molar-refractivity contribution is -0.121. The van der Waals surface area contributed by atoms with E-state index in [4.69, 9.17) is 16.3 Å². The number of aliphatic hydroxyl groups is 1. The van der Waals surface area contributed by atoms with Gasteiger partial charge in [-0.25, -0.2) is 0 Å². The van der Waals surface area contributed by atoms with E-state index >= 15 is 0 Å². The lowest BCUT2D eigenvalue weighted by Crippen LogP contribution is -2.45. The van der Waals surface area contributed by atoms with Gasteiger partial charge in [0.25, 0.3) is 0 Å². The number of alkyl halides is 1. The maximum Gasteiger partial charge on any atom is 0.0701 e. The van der Waals surface area contributed by atoms with Crippen LogP contribution in [0.5, 0.6) is 0 Å². The molecular formula is C13H23ClO2S. The Morgan fingerprint density at radius 1 is 1.41 bits per heavy atom. The number of ether oxygens (including phenoxy) is 1. The second kappa shape index (κ2) is 6.65. The standard InChI is InChI=1S/C13H23ClO2S/c14-6-1-2-12(15)11-3-7-16-13(10-11)4-8-17-9-5-13/h11-12,15H,1-10H2. The van der Waals surface area contributed by atoms with Crippen molar-refractivity contribution in [1.82, 2.24) is 0 Å². The zero-order valence-electron chi connectivity index (χ0n) is 10.4. The van der Waals surface area contributed by atoms with Crippen LogP contribution in [0, 0.1) is 5.92 Å². The first-order chi connectivity index (χ1) is 8.26. The quantitative estimate of drug-likeness (QED) is 0.802. The van der Waals surface area contributed by atoms with E-state index in [1.807, 2.05) is 11.8 Å². The van der Waals surface area contributed by atoms with Crippen LogP contribution in [0.1, 0.15) is 38.5 Å². The molecule has 2 rings (SSSR count). The third-order valence-corrected chi connectivity index (χ3v) is 5.37. The summed E-state index contributed by atoms with van der Waals surface area (Å²) in [6, 6.07) is 0. The fraction of sp³-hybridized carbons (Fsp3) is 1.00. The van der Waals surface area contributed by atoms with E-state index < -0.39 is 0 Å². The Labute approximate surface area is 113 Å². The molecule has 2 saturated heterocycles. The van der Waals surface area contributed by atoms with Gasteiger partial charge in [-0.3, -0.25) is 0 Å². The van der Waals surface area contributed by atoms with Gasteiger partial charge in [-0.1, -0.05) is 0 Å². The summed E-state index contributed by atoms with van der Waals surface area (Å²) in [5.41, 5.74) is 0.0934. The lowest BCUT2D eigenvalue weighted by atomic mass is 9.78. The number of thioether (sulfide) groups is 1. The van der Waals surface area contributed by atoms with E-state index in [9.17, 15) is 5.11 Å². The van der Waals surface area contributed by atoms with E-state index in [-0.39, 0.29) is 11.7 Å². The topological polar surface area (TPSA) is 29.5 Å². The second-order valence-electron chi connectivity index (χ2n) is 5.30. The Hall–Kier alpha value is 0.560. The van der Waals surface area contributed by atoms with Gasteiger partial charge in [0.05, 0.1) is 11.7 Å². The predicted octanol–water partition coefficient (Wildman–Crippen LogP) is 3.06. The smallest absolute Gasteiger partial charge is 0.0701 e. The molecule has 0 amide bonds. The molecule has 0 radical (unpaired) electrons. The largest absolute Gasteiger partial charge is 0.393 e. The zero-order chi connectivity index (χ0) is 12.1. The van der Waals surface area contributed by atoms with Crippen LogP contribution in [0.4, 0.5) is 0 Å². The van der Waals surface area contributed by atoms with E-state index in [1.165, 1.54) is 11.5 Å². The molecule has 2 aliphatic heterocycles. The number of hydrogen-bond acceptors (Lipinski definition) is 3. The fourth-order valence-electron chi connectivity index (χ4n) is 3.01. The molecule has 0 aromatic heterocycles. The molecular weight excluding hydrogens is 256 g/mol. The summed E-state index contributed by atoms with van der Waals surface area (Å²) in [6.07, 6.45) is 5.98. The molecule has 2 aliphatic rings. The minimum Gasteiger partial charge on any atom is -0.393 e. The number of halogens is 1. The normalized spacial score (nSPS) is 30.4. The van der Waals surface area contributed by atoms with Gasteiger partial charge in [-0.15, -0.1) is 11.6 Å². The van der Waals surface area contributed by atoms with Crippen molar-refractivity contribution in [1.29, 1.82) is 0 Å². The Balaban J connectivity index is 1.87. The van der Waals surface area contributed by atoms with Crippen molar-refractivity contribution in [3.63, 3.8) is 0 Å². The van der Waals surface area contributed by atoms with Crippen molar-refractivity contribution in [2.45, 2.75) is 50.2 Å². The molecule has 1 spiro atoms. The van der Waals surface area contributed by atoms with Crippen LogP contribution in [0.15, 0.2) is 0 Å². The molecule has 0 aromatic rings. The van der Waals surface area contributed by atoms with Crippen LogP contribution < -0.4 is 0 Å². The molecule has 2 fully saturated rings. The number of aliphatic hydroxyl groups excluding tert-OH is 1. The first-order valence-corrected chi connectivity index (χ1v) is 8.40. The van der Waals surface area contributed by atoms with E-state index in [0.29, 0.717) is 11.8 Å². The zero-order valence-corrected chi connectivity index (χ0v) is 11.9. The van der Waals surface area contributed by atoms with Gasteiger partial charge in [0, 0.05) is 12.5 Å². The SMILES string of the molecule is OC(CCCCl)C1CCOC2(CCSCC2)C1. The Kier molecular flexibility index (Phi) is 5.47. The van der Waals surface area contributed by atoms with Gasteiger partial charge in [-0.05, 0) is 55.9 Å². The molecule has 0 bridgehead atoms. The summed E-state index contributed by atoms with van der Waals surface area (Å²) in [5, 5.41) is 10.2. The molecule has 100 valence electrons. The average molecular weight is 279 g/mol. The molecule has 2 atom stereocenters. The van der Waals surface area contributed by atoms with Crippen molar-refractivity contribution in [2.75, 3.05) is 24.0 Å². The average Bonchev–Trinajstić information content (AvgIpc) is 2.37. The minimum absolute atomic E-state index is 0.0934. The van der Waals surface area contributed by atoms with Gasteiger partial charge < -0.3 is 9.84 Å². The van der Waals surface area contributed by atoms with Crippen molar-refractivity contribution < 1.29 is 9.84 Å². The van der Waals surface area contributed by atoms with Crippen LogP contribution in [0.3, 0.4) is 0 Å². The summed E-state index contributed by atoms with van der Waals surface area (Å²) in [7, 11) is 0. The van der Waals surface area contributed by atoms with Crippen molar-refractivity contribution in [3.05, 3.63) is 0 Å². The van der Waals surface area contributed by atoms with E-state index in [0.717, 1.165) is 45.1 Å². The summed E-state index contributed by atoms with van der Waals surface area (Å²) in [6.45, 7) is 0.827. The molecule has 4 heteroatoms. The highest BCUT2D eigenvalue weighted by molar-refractivity contribution is 7.99. The molecule has 2 heterocycles. The summed E-state index contributed by atoms with van der Waals surface area (Å²) < 4.78 is 6.04. The monoisotopic (exact) mass is 278 g/mol. The molecule has 17 heavy (non-hydrogen) atoms. The lowest BCUT2D eigenvalue weighted by Gasteiger charge is -2.44. The molecule has 0 aliphatic carbocycles.